The molecule has 5 rings (SSSR count). The Morgan fingerprint density at radius 3 is 2.40 bits per heavy atom. The number of imide groups is 1. The van der Waals surface area contributed by atoms with Crippen LogP contribution < -0.4 is 4.90 Å². The third kappa shape index (κ3) is 8.56. The van der Waals surface area contributed by atoms with Gasteiger partial charge in [-0.05, 0) is 74.1 Å². The van der Waals surface area contributed by atoms with E-state index in [9.17, 15) is 14.4 Å². The number of carbonyl (C=O) groups is 3. The average molecular weight is 611 g/mol. The fourth-order valence-electron chi connectivity index (χ4n) is 7.22. The molecule has 236 valence electrons. The van der Waals surface area contributed by atoms with Crippen LogP contribution in [-0.2, 0) is 19.1 Å². The number of fused-ring (bicyclic) bond motifs is 1. The number of benzene rings is 1. The third-order valence-corrected chi connectivity index (χ3v) is 10.5. The van der Waals surface area contributed by atoms with Crippen LogP contribution in [-0.4, -0.2) is 77.3 Å². The molecule has 1 saturated carbocycles. The summed E-state index contributed by atoms with van der Waals surface area (Å²) >= 11 is 1.57. The van der Waals surface area contributed by atoms with E-state index in [1.165, 1.54) is 47.1 Å². The number of piperazine rings is 1. The SMILES string of the molecule is CCCCCCCCCC(=O)OC1CCC2(CC(=O)N(CCCCN3CCN(c4nsc5ccccc45)CC3)C(=O)C2)C1. The van der Waals surface area contributed by atoms with Crippen molar-refractivity contribution < 1.29 is 19.1 Å². The van der Waals surface area contributed by atoms with Crippen molar-refractivity contribution in [3.8, 4) is 0 Å². The fraction of sp³-hybridized carbons (Fsp3) is 0.706. The second-order valence-corrected chi connectivity index (χ2v) is 13.9. The molecule has 1 atom stereocenters. The van der Waals surface area contributed by atoms with E-state index in [0.29, 0.717) is 32.2 Å². The van der Waals surface area contributed by atoms with Crippen LogP contribution in [0.1, 0.15) is 103 Å². The van der Waals surface area contributed by atoms with Crippen molar-refractivity contribution in [2.75, 3.05) is 44.2 Å². The van der Waals surface area contributed by atoms with Crippen molar-refractivity contribution >= 4 is 45.2 Å². The molecule has 8 nitrogen and oxygen atoms in total. The van der Waals surface area contributed by atoms with Gasteiger partial charge in [0.1, 0.15) is 11.9 Å². The highest BCUT2D eigenvalue weighted by atomic mass is 32.1. The summed E-state index contributed by atoms with van der Waals surface area (Å²) in [5, 5.41) is 1.24. The van der Waals surface area contributed by atoms with Gasteiger partial charge >= 0.3 is 5.97 Å². The number of unbranched alkanes of at least 4 members (excludes halogenated alkanes) is 7. The number of carbonyl (C=O) groups excluding carboxylic acids is 3. The van der Waals surface area contributed by atoms with E-state index < -0.39 is 0 Å². The number of hydrogen-bond acceptors (Lipinski definition) is 8. The second kappa shape index (κ2) is 15.5. The van der Waals surface area contributed by atoms with E-state index in [4.69, 9.17) is 9.11 Å². The predicted molar refractivity (Wildman–Crippen MR) is 172 cm³/mol. The summed E-state index contributed by atoms with van der Waals surface area (Å²) in [5.74, 6) is 0.893. The number of rotatable bonds is 15. The monoisotopic (exact) mass is 610 g/mol. The number of amides is 2. The highest BCUT2D eigenvalue weighted by molar-refractivity contribution is 7.13. The molecule has 0 bridgehead atoms. The molecule has 1 aromatic carbocycles. The van der Waals surface area contributed by atoms with Gasteiger partial charge < -0.3 is 9.64 Å². The van der Waals surface area contributed by atoms with Crippen LogP contribution in [0.25, 0.3) is 10.1 Å². The van der Waals surface area contributed by atoms with Crippen molar-refractivity contribution in [2.24, 2.45) is 5.41 Å². The minimum Gasteiger partial charge on any atom is -0.462 e. The van der Waals surface area contributed by atoms with Crippen molar-refractivity contribution in [3.05, 3.63) is 24.3 Å². The van der Waals surface area contributed by atoms with Gasteiger partial charge in [-0.2, -0.15) is 4.37 Å². The van der Waals surface area contributed by atoms with Crippen molar-refractivity contribution in [1.82, 2.24) is 14.2 Å². The van der Waals surface area contributed by atoms with Crippen molar-refractivity contribution in [2.45, 2.75) is 109 Å². The molecule has 3 fully saturated rings. The van der Waals surface area contributed by atoms with Gasteiger partial charge in [0, 0.05) is 57.4 Å². The standard InChI is InChI=1S/C34H50N4O4S/c1-2-3-4-5-6-7-8-15-32(41)42-27-16-17-34(24-27)25-30(39)38(31(40)26-34)19-12-11-18-36-20-22-37(23-21-36)33-28-13-9-10-14-29(28)43-35-33/h9-10,13-14,27H,2-8,11-12,15-26H2,1H3. The Bertz CT molecular complexity index is 1210. The van der Waals surface area contributed by atoms with Gasteiger partial charge in [-0.1, -0.05) is 57.6 Å². The fourth-order valence-corrected chi connectivity index (χ4v) is 8.02. The summed E-state index contributed by atoms with van der Waals surface area (Å²) in [6.07, 6.45) is 13.3. The van der Waals surface area contributed by atoms with Gasteiger partial charge in [-0.25, -0.2) is 0 Å². The Balaban J connectivity index is 0.961. The molecular weight excluding hydrogens is 560 g/mol. The van der Waals surface area contributed by atoms with Gasteiger partial charge in [0.15, 0.2) is 0 Å². The number of nitrogens with zero attached hydrogens (tertiary/aromatic N) is 4. The smallest absolute Gasteiger partial charge is 0.306 e. The predicted octanol–water partition coefficient (Wildman–Crippen LogP) is 6.57. The van der Waals surface area contributed by atoms with E-state index in [2.05, 4.69) is 41.0 Å². The Hall–Kier alpha value is -2.52. The molecule has 2 aromatic rings. The lowest BCUT2D eigenvalue weighted by Crippen LogP contribution is -2.48. The van der Waals surface area contributed by atoms with E-state index >= 15 is 0 Å². The first-order chi connectivity index (χ1) is 21.0. The van der Waals surface area contributed by atoms with E-state index in [1.54, 1.807) is 11.5 Å². The van der Waals surface area contributed by atoms with Gasteiger partial charge in [-0.15, -0.1) is 0 Å². The van der Waals surface area contributed by atoms with Gasteiger partial charge in [0.05, 0.1) is 4.70 Å². The lowest BCUT2D eigenvalue weighted by molar-refractivity contribution is -0.154. The minimum atomic E-state index is -0.322. The van der Waals surface area contributed by atoms with E-state index in [1.807, 2.05) is 0 Å². The molecule has 3 heterocycles. The number of anilines is 1. The summed E-state index contributed by atoms with van der Waals surface area (Å²) in [6, 6.07) is 8.43. The van der Waals surface area contributed by atoms with Gasteiger partial charge in [0.2, 0.25) is 11.8 Å². The maximum Gasteiger partial charge on any atom is 0.306 e. The molecule has 1 aromatic heterocycles. The summed E-state index contributed by atoms with van der Waals surface area (Å²) < 4.78 is 11.7. The number of aromatic nitrogens is 1. The number of ether oxygens (including phenoxy) is 1. The van der Waals surface area contributed by atoms with Crippen LogP contribution in [0.15, 0.2) is 24.3 Å². The van der Waals surface area contributed by atoms with E-state index in [0.717, 1.165) is 77.1 Å². The zero-order chi connectivity index (χ0) is 30.1. The van der Waals surface area contributed by atoms with Gasteiger partial charge in [0.25, 0.3) is 0 Å². The van der Waals surface area contributed by atoms with Crippen LogP contribution in [0.5, 0.6) is 0 Å². The molecule has 3 aliphatic rings. The van der Waals surface area contributed by atoms with Crippen molar-refractivity contribution in [1.29, 1.82) is 0 Å². The van der Waals surface area contributed by atoms with Crippen LogP contribution in [0.4, 0.5) is 5.82 Å². The molecule has 0 N–H and O–H groups in total. The summed E-state index contributed by atoms with van der Waals surface area (Å²) in [4.78, 5) is 44.9. The quantitative estimate of drug-likeness (QED) is 0.128. The van der Waals surface area contributed by atoms with Crippen LogP contribution in [0.3, 0.4) is 0 Å². The maximum absolute atomic E-state index is 13.1. The summed E-state index contributed by atoms with van der Waals surface area (Å²) in [5.41, 5.74) is -0.322. The normalized spacial score (nSPS) is 20.9. The summed E-state index contributed by atoms with van der Waals surface area (Å²) in [7, 11) is 0. The van der Waals surface area contributed by atoms with Crippen LogP contribution >= 0.6 is 11.5 Å². The molecule has 1 unspecified atom stereocenters. The zero-order valence-corrected chi connectivity index (χ0v) is 26.9. The second-order valence-electron chi connectivity index (χ2n) is 13.1. The largest absolute Gasteiger partial charge is 0.462 e. The molecule has 1 spiro atoms. The lowest BCUT2D eigenvalue weighted by Gasteiger charge is -2.37. The summed E-state index contributed by atoms with van der Waals surface area (Å²) in [6.45, 7) is 7.65. The van der Waals surface area contributed by atoms with Crippen LogP contribution in [0, 0.1) is 5.41 Å². The Kier molecular flexibility index (Phi) is 11.5. The molecule has 9 heteroatoms. The highest BCUT2D eigenvalue weighted by Gasteiger charge is 2.48. The third-order valence-electron chi connectivity index (χ3n) is 9.73. The minimum absolute atomic E-state index is 0.0459. The van der Waals surface area contributed by atoms with Crippen molar-refractivity contribution in [3.63, 3.8) is 0 Å². The molecule has 1 aliphatic carbocycles. The Labute approximate surface area is 261 Å². The average Bonchev–Trinajstić information content (AvgIpc) is 3.60. The number of likely N-dealkylation sites (tertiary alicyclic amines) is 1. The number of hydrogen-bond donors (Lipinski definition) is 0. The highest BCUT2D eigenvalue weighted by Crippen LogP contribution is 2.48. The van der Waals surface area contributed by atoms with Crippen LogP contribution in [0.2, 0.25) is 0 Å². The Morgan fingerprint density at radius 1 is 0.930 bits per heavy atom. The molecule has 2 aliphatic heterocycles. The van der Waals surface area contributed by atoms with E-state index in [-0.39, 0.29) is 29.3 Å². The number of esters is 1. The zero-order valence-electron chi connectivity index (χ0n) is 26.1. The number of piperidine rings is 1. The molecule has 43 heavy (non-hydrogen) atoms. The topological polar surface area (TPSA) is 83.1 Å². The molecule has 2 amide bonds. The molecule has 0 radical (unpaired) electrons. The lowest BCUT2D eigenvalue weighted by atomic mass is 9.76. The first kappa shape index (κ1) is 31.9. The van der Waals surface area contributed by atoms with Gasteiger partial charge in [-0.3, -0.25) is 24.2 Å². The first-order valence-electron chi connectivity index (χ1n) is 16.8. The first-order valence-corrected chi connectivity index (χ1v) is 17.6. The molecular formula is C34H50N4O4S. The Morgan fingerprint density at radius 2 is 1.63 bits per heavy atom. The molecule has 2 saturated heterocycles. The maximum atomic E-state index is 13.1.